The first-order valence-electron chi connectivity index (χ1n) is 10.5. The van der Waals surface area contributed by atoms with Crippen molar-refractivity contribution >= 4 is 22.6 Å². The van der Waals surface area contributed by atoms with Gasteiger partial charge in [-0.3, -0.25) is 14.5 Å². The summed E-state index contributed by atoms with van der Waals surface area (Å²) in [6.45, 7) is 2.16. The predicted octanol–water partition coefficient (Wildman–Crippen LogP) is 3.55. The number of likely N-dealkylation sites (tertiary alicyclic amines) is 1. The van der Waals surface area contributed by atoms with Crippen molar-refractivity contribution in [3.63, 3.8) is 0 Å². The van der Waals surface area contributed by atoms with Gasteiger partial charge >= 0.3 is 0 Å². The average Bonchev–Trinajstić information content (AvgIpc) is 3.29. The molecular formula is C23H22FN7O. The lowest BCUT2D eigenvalue weighted by Gasteiger charge is -2.28. The van der Waals surface area contributed by atoms with E-state index in [4.69, 9.17) is 0 Å². The zero-order chi connectivity index (χ0) is 22.1. The molecule has 1 saturated heterocycles. The van der Waals surface area contributed by atoms with E-state index in [0.717, 1.165) is 54.7 Å². The fourth-order valence-electron chi connectivity index (χ4n) is 3.96. The third kappa shape index (κ3) is 4.19. The third-order valence-electron chi connectivity index (χ3n) is 5.79. The fraction of sp³-hybridized carbons (Fsp3) is 0.261. The Kier molecular flexibility index (Phi) is 5.32. The SMILES string of the molecule is CN1CCC(n2cc(-c3ccc4nnc(NC(=O)c5cncc(F)c5)cc4c3)cn2)CC1. The number of carbonyl (C=O) groups excluding carboxylic acids is 1. The number of halogens is 1. The monoisotopic (exact) mass is 431 g/mol. The van der Waals surface area contributed by atoms with Gasteiger partial charge in [0.15, 0.2) is 5.82 Å². The molecule has 0 bridgehead atoms. The van der Waals surface area contributed by atoms with E-state index in [1.165, 1.54) is 6.20 Å². The fourth-order valence-corrected chi connectivity index (χ4v) is 3.96. The minimum Gasteiger partial charge on any atom is -0.306 e. The van der Waals surface area contributed by atoms with E-state index in [2.05, 4.69) is 48.4 Å². The summed E-state index contributed by atoms with van der Waals surface area (Å²) >= 11 is 0. The maximum Gasteiger partial charge on any atom is 0.258 e. The van der Waals surface area contributed by atoms with Crippen molar-refractivity contribution in [3.05, 3.63) is 66.5 Å². The van der Waals surface area contributed by atoms with Gasteiger partial charge in [0.05, 0.1) is 29.5 Å². The number of hydrogen-bond donors (Lipinski definition) is 1. The molecule has 0 spiro atoms. The highest BCUT2D eigenvalue weighted by Gasteiger charge is 2.19. The van der Waals surface area contributed by atoms with Crippen LogP contribution >= 0.6 is 0 Å². The van der Waals surface area contributed by atoms with E-state index in [-0.39, 0.29) is 11.4 Å². The van der Waals surface area contributed by atoms with Crippen molar-refractivity contribution in [2.45, 2.75) is 18.9 Å². The first kappa shape index (κ1) is 20.2. The molecule has 1 aromatic carbocycles. The highest BCUT2D eigenvalue weighted by molar-refractivity contribution is 6.04. The molecule has 32 heavy (non-hydrogen) atoms. The van der Waals surface area contributed by atoms with Crippen LogP contribution in [0.4, 0.5) is 10.2 Å². The molecule has 3 aromatic heterocycles. The molecule has 1 aliphatic heterocycles. The minimum atomic E-state index is -0.576. The number of amides is 1. The molecule has 1 N–H and O–H groups in total. The molecule has 1 amide bonds. The number of rotatable bonds is 4. The van der Waals surface area contributed by atoms with Crippen molar-refractivity contribution in [2.24, 2.45) is 0 Å². The van der Waals surface area contributed by atoms with Crippen LogP contribution in [0.25, 0.3) is 22.0 Å². The van der Waals surface area contributed by atoms with Gasteiger partial charge in [-0.15, -0.1) is 10.2 Å². The zero-order valence-corrected chi connectivity index (χ0v) is 17.6. The quantitative estimate of drug-likeness (QED) is 0.532. The van der Waals surface area contributed by atoms with E-state index in [0.29, 0.717) is 11.6 Å². The Hall–Kier alpha value is -3.72. The number of pyridine rings is 1. The number of piperidine rings is 1. The zero-order valence-electron chi connectivity index (χ0n) is 17.6. The number of aromatic nitrogens is 5. The molecule has 5 rings (SSSR count). The Bertz CT molecular complexity index is 1280. The van der Waals surface area contributed by atoms with Crippen molar-refractivity contribution < 1.29 is 9.18 Å². The summed E-state index contributed by atoms with van der Waals surface area (Å²) in [5, 5.41) is 16.3. The lowest BCUT2D eigenvalue weighted by Crippen LogP contribution is -2.31. The summed E-state index contributed by atoms with van der Waals surface area (Å²) in [5.41, 5.74) is 2.86. The molecule has 0 atom stereocenters. The van der Waals surface area contributed by atoms with Gasteiger partial charge < -0.3 is 10.2 Å². The van der Waals surface area contributed by atoms with Crippen LogP contribution < -0.4 is 5.32 Å². The molecule has 9 heteroatoms. The number of nitrogens with one attached hydrogen (secondary N) is 1. The Balaban J connectivity index is 1.37. The number of fused-ring (bicyclic) bond motifs is 1. The largest absolute Gasteiger partial charge is 0.306 e. The topological polar surface area (TPSA) is 88.8 Å². The maximum atomic E-state index is 13.3. The van der Waals surface area contributed by atoms with Crippen LogP contribution in [-0.4, -0.2) is 55.9 Å². The van der Waals surface area contributed by atoms with Gasteiger partial charge in [0.2, 0.25) is 0 Å². The van der Waals surface area contributed by atoms with Crippen molar-refractivity contribution in [1.29, 1.82) is 0 Å². The van der Waals surface area contributed by atoms with Crippen LogP contribution in [0.15, 0.2) is 55.1 Å². The second kappa shape index (κ2) is 8.43. The van der Waals surface area contributed by atoms with E-state index in [9.17, 15) is 9.18 Å². The van der Waals surface area contributed by atoms with Crippen LogP contribution in [0.3, 0.4) is 0 Å². The number of anilines is 1. The molecular weight excluding hydrogens is 409 g/mol. The molecule has 0 aliphatic carbocycles. The van der Waals surface area contributed by atoms with Gasteiger partial charge in [-0.1, -0.05) is 6.07 Å². The van der Waals surface area contributed by atoms with E-state index < -0.39 is 11.7 Å². The number of carbonyl (C=O) groups is 1. The third-order valence-corrected chi connectivity index (χ3v) is 5.79. The normalized spacial score (nSPS) is 15.2. The first-order chi connectivity index (χ1) is 15.5. The van der Waals surface area contributed by atoms with Crippen LogP contribution in [0.2, 0.25) is 0 Å². The standard InChI is InChI=1S/C23H22FN7O/c1-30-6-4-20(5-7-30)31-14-18(12-26-31)15-2-3-21-16(8-15)10-22(29-28-21)27-23(32)17-9-19(24)13-25-11-17/h2-3,8-14,20H,4-7H2,1H3,(H,27,29,32). The van der Waals surface area contributed by atoms with Gasteiger partial charge in [0, 0.05) is 23.3 Å². The summed E-state index contributed by atoms with van der Waals surface area (Å²) in [6, 6.07) is 9.18. The van der Waals surface area contributed by atoms with Gasteiger partial charge in [-0.25, -0.2) is 4.39 Å². The Morgan fingerprint density at radius 3 is 2.72 bits per heavy atom. The van der Waals surface area contributed by atoms with E-state index in [1.54, 1.807) is 6.07 Å². The molecule has 1 aliphatic rings. The summed E-state index contributed by atoms with van der Waals surface area (Å²) in [7, 11) is 2.15. The van der Waals surface area contributed by atoms with Crippen molar-refractivity contribution in [3.8, 4) is 11.1 Å². The summed E-state index contributed by atoms with van der Waals surface area (Å²) in [5.74, 6) is -0.792. The summed E-state index contributed by atoms with van der Waals surface area (Å²) < 4.78 is 15.4. The molecule has 162 valence electrons. The highest BCUT2D eigenvalue weighted by Crippen LogP contribution is 2.27. The van der Waals surface area contributed by atoms with E-state index in [1.807, 2.05) is 24.4 Å². The van der Waals surface area contributed by atoms with E-state index >= 15 is 0 Å². The van der Waals surface area contributed by atoms with Crippen molar-refractivity contribution in [1.82, 2.24) is 29.9 Å². The Morgan fingerprint density at radius 2 is 1.91 bits per heavy atom. The number of nitrogens with zero attached hydrogens (tertiary/aromatic N) is 6. The lowest BCUT2D eigenvalue weighted by molar-refractivity contribution is 0.102. The molecule has 0 saturated carbocycles. The molecule has 4 heterocycles. The molecule has 8 nitrogen and oxygen atoms in total. The lowest BCUT2D eigenvalue weighted by atomic mass is 10.1. The summed E-state index contributed by atoms with van der Waals surface area (Å²) in [6.07, 6.45) is 8.50. The molecule has 0 radical (unpaired) electrons. The van der Waals surface area contributed by atoms with Crippen LogP contribution in [0.5, 0.6) is 0 Å². The van der Waals surface area contributed by atoms with Gasteiger partial charge in [0.25, 0.3) is 5.91 Å². The van der Waals surface area contributed by atoms with Gasteiger partial charge in [-0.05, 0) is 62.8 Å². The minimum absolute atomic E-state index is 0.113. The number of hydrogen-bond acceptors (Lipinski definition) is 6. The maximum absolute atomic E-state index is 13.3. The van der Waals surface area contributed by atoms with Gasteiger partial charge in [-0.2, -0.15) is 5.10 Å². The second-order valence-electron chi connectivity index (χ2n) is 8.09. The van der Waals surface area contributed by atoms with Crippen LogP contribution in [-0.2, 0) is 0 Å². The smallest absolute Gasteiger partial charge is 0.258 e. The molecule has 0 unspecified atom stereocenters. The molecule has 4 aromatic rings. The Labute approximate surface area is 184 Å². The molecule has 1 fully saturated rings. The second-order valence-corrected chi connectivity index (χ2v) is 8.09. The average molecular weight is 431 g/mol. The van der Waals surface area contributed by atoms with Gasteiger partial charge in [0.1, 0.15) is 5.82 Å². The van der Waals surface area contributed by atoms with Crippen molar-refractivity contribution in [2.75, 3.05) is 25.5 Å². The number of benzene rings is 1. The van der Waals surface area contributed by atoms with Crippen LogP contribution in [0, 0.1) is 5.82 Å². The van der Waals surface area contributed by atoms with Crippen LogP contribution in [0.1, 0.15) is 29.2 Å². The first-order valence-corrected chi connectivity index (χ1v) is 10.5. The summed E-state index contributed by atoms with van der Waals surface area (Å²) in [4.78, 5) is 18.4. The highest BCUT2D eigenvalue weighted by atomic mass is 19.1. The predicted molar refractivity (Wildman–Crippen MR) is 119 cm³/mol. The Morgan fingerprint density at radius 1 is 1.06 bits per heavy atom.